The van der Waals surface area contributed by atoms with Gasteiger partial charge < -0.3 is 9.47 Å². The molecule has 0 spiro atoms. The summed E-state index contributed by atoms with van der Waals surface area (Å²) in [5.74, 6) is -1.67. The first-order valence-electron chi connectivity index (χ1n) is 6.59. The highest BCUT2D eigenvalue weighted by molar-refractivity contribution is 9.10. The van der Waals surface area contributed by atoms with Crippen LogP contribution in [0.1, 0.15) is 11.5 Å². The van der Waals surface area contributed by atoms with Crippen molar-refractivity contribution in [3.8, 4) is 12.1 Å². The van der Waals surface area contributed by atoms with Crippen LogP contribution in [0.4, 0.5) is 0 Å². The van der Waals surface area contributed by atoms with Crippen molar-refractivity contribution in [2.24, 2.45) is 16.6 Å². The van der Waals surface area contributed by atoms with Crippen LogP contribution in [0, 0.1) is 33.5 Å². The second kappa shape index (κ2) is 4.53. The first-order valence-corrected chi connectivity index (χ1v) is 7.38. The van der Waals surface area contributed by atoms with Crippen molar-refractivity contribution in [3.63, 3.8) is 0 Å². The van der Waals surface area contributed by atoms with Crippen LogP contribution in [0.15, 0.2) is 28.7 Å². The number of nitrogens with zero attached hydrogens (tertiary/aromatic N) is 2. The predicted octanol–water partition coefficient (Wildman–Crippen LogP) is -0.0357. The summed E-state index contributed by atoms with van der Waals surface area (Å²) in [5, 5.41) is 19.7. The van der Waals surface area contributed by atoms with E-state index in [1.807, 2.05) is 24.3 Å². The molecule has 7 heteroatoms. The molecule has 2 aliphatic rings. The molecule has 0 amide bonds. The molecule has 112 valence electrons. The zero-order valence-corrected chi connectivity index (χ0v) is 13.6. The summed E-state index contributed by atoms with van der Waals surface area (Å²) in [4.78, 5) is 2.86. The molecule has 1 aromatic carbocycles. The summed E-state index contributed by atoms with van der Waals surface area (Å²) in [6.45, 7) is 0. The van der Waals surface area contributed by atoms with Crippen molar-refractivity contribution >= 4 is 21.8 Å². The standard InChI is InChI=1S/C15H13BrN4O2/c1-21-15(22-2)14(8-18)11(9-3-5-10(16)6-4-9)13(14,7-17)12(19)20-15/h3-6,11H,1-2H3,(H2,19,20)/p+1/t11-,13-,14-/m1/s1. The lowest BCUT2D eigenvalue weighted by molar-refractivity contribution is -0.687. The van der Waals surface area contributed by atoms with Crippen molar-refractivity contribution in [1.29, 1.82) is 10.5 Å². The highest BCUT2D eigenvalue weighted by Crippen LogP contribution is 2.78. The molecule has 3 N–H and O–H groups in total. The predicted molar refractivity (Wildman–Crippen MR) is 79.9 cm³/mol. The van der Waals surface area contributed by atoms with Crippen LogP contribution in [-0.4, -0.2) is 26.0 Å². The Bertz CT molecular complexity index is 744. The van der Waals surface area contributed by atoms with Gasteiger partial charge in [0, 0.05) is 24.6 Å². The average Bonchev–Trinajstić information content (AvgIpc) is 3.11. The van der Waals surface area contributed by atoms with Gasteiger partial charge in [0.15, 0.2) is 10.8 Å². The van der Waals surface area contributed by atoms with E-state index in [9.17, 15) is 10.5 Å². The Morgan fingerprint density at radius 1 is 1.18 bits per heavy atom. The third-order valence-corrected chi connectivity index (χ3v) is 5.31. The molecule has 0 bridgehead atoms. The summed E-state index contributed by atoms with van der Waals surface area (Å²) < 4.78 is 11.8. The molecule has 22 heavy (non-hydrogen) atoms. The Labute approximate surface area is 136 Å². The van der Waals surface area contributed by atoms with Crippen molar-refractivity contribution in [2.45, 2.75) is 11.8 Å². The molecule has 6 nitrogen and oxygen atoms in total. The molecule has 1 saturated carbocycles. The number of ether oxygens (including phenoxy) is 2. The number of benzene rings is 1. The normalized spacial score (nSPS) is 34.2. The fraction of sp³-hybridized carbons (Fsp3) is 0.400. The Kier molecular flexibility index (Phi) is 3.09. The Balaban J connectivity index is 2.23. The van der Waals surface area contributed by atoms with Crippen molar-refractivity contribution in [3.05, 3.63) is 34.3 Å². The maximum Gasteiger partial charge on any atom is 0.342 e. The van der Waals surface area contributed by atoms with E-state index >= 15 is 0 Å². The highest BCUT2D eigenvalue weighted by Gasteiger charge is 2.96. The fourth-order valence-electron chi connectivity index (χ4n) is 3.77. The second-order valence-electron chi connectivity index (χ2n) is 5.39. The van der Waals surface area contributed by atoms with Gasteiger partial charge >= 0.3 is 5.91 Å². The van der Waals surface area contributed by atoms with E-state index in [-0.39, 0.29) is 5.84 Å². The van der Waals surface area contributed by atoms with Gasteiger partial charge in [-0.2, -0.15) is 10.5 Å². The van der Waals surface area contributed by atoms with Gasteiger partial charge in [-0.15, -0.1) is 0 Å². The van der Waals surface area contributed by atoms with E-state index in [2.05, 4.69) is 33.1 Å². The van der Waals surface area contributed by atoms with E-state index in [0.717, 1.165) is 10.0 Å². The maximum atomic E-state index is 9.89. The quantitative estimate of drug-likeness (QED) is 0.735. The summed E-state index contributed by atoms with van der Waals surface area (Å²) in [6, 6.07) is 11.9. The molecule has 1 aromatic rings. The van der Waals surface area contributed by atoms with E-state index < -0.39 is 22.7 Å². The van der Waals surface area contributed by atoms with Crippen molar-refractivity contribution in [1.82, 2.24) is 0 Å². The third-order valence-electron chi connectivity index (χ3n) is 4.78. The van der Waals surface area contributed by atoms with Crippen LogP contribution in [0.25, 0.3) is 0 Å². The van der Waals surface area contributed by atoms with Gasteiger partial charge in [0.2, 0.25) is 0 Å². The van der Waals surface area contributed by atoms with Crippen LogP contribution >= 0.6 is 15.9 Å². The number of rotatable bonds is 3. The maximum absolute atomic E-state index is 9.89. The van der Waals surface area contributed by atoms with Crippen molar-refractivity contribution < 1.29 is 14.5 Å². The molecule has 1 fully saturated rings. The van der Waals surface area contributed by atoms with Crippen LogP contribution in [0.3, 0.4) is 0 Å². The first kappa shape index (κ1) is 15.0. The van der Waals surface area contributed by atoms with E-state index in [4.69, 9.17) is 15.2 Å². The lowest BCUT2D eigenvalue weighted by atomic mass is 9.93. The van der Waals surface area contributed by atoms with E-state index in [1.54, 1.807) is 0 Å². The molecule has 0 radical (unpaired) electrons. The van der Waals surface area contributed by atoms with Gasteiger partial charge in [0.25, 0.3) is 5.84 Å². The average molecular weight is 362 g/mol. The fourth-order valence-corrected chi connectivity index (χ4v) is 4.03. The Morgan fingerprint density at radius 2 is 1.77 bits per heavy atom. The Morgan fingerprint density at radius 3 is 2.23 bits per heavy atom. The topological polar surface area (TPSA) is 106 Å². The molecule has 1 aliphatic heterocycles. The van der Waals surface area contributed by atoms with E-state index in [1.165, 1.54) is 14.2 Å². The number of methoxy groups -OCH3 is 2. The molecule has 1 aliphatic carbocycles. The molecular weight excluding hydrogens is 348 g/mol. The van der Waals surface area contributed by atoms with Crippen molar-refractivity contribution in [2.75, 3.05) is 14.2 Å². The van der Waals surface area contributed by atoms with E-state index in [0.29, 0.717) is 0 Å². The number of hydrogen-bond acceptors (Lipinski definition) is 5. The zero-order chi connectivity index (χ0) is 16.2. The minimum atomic E-state index is -1.45. The van der Waals surface area contributed by atoms with Crippen LogP contribution < -0.4 is 10.7 Å². The number of nitrogens with one attached hydrogen (secondary N) is 1. The number of halogens is 1. The molecule has 0 saturated heterocycles. The molecule has 1 heterocycles. The van der Waals surface area contributed by atoms with Crippen LogP contribution in [-0.2, 0) is 9.47 Å². The lowest BCUT2D eigenvalue weighted by Gasteiger charge is -2.26. The van der Waals surface area contributed by atoms with Gasteiger partial charge in [-0.25, -0.2) is 4.99 Å². The smallest absolute Gasteiger partial charge is 0.317 e. The number of hydrogen-bond donors (Lipinski definition) is 2. The minimum Gasteiger partial charge on any atom is -0.317 e. The van der Waals surface area contributed by atoms with Crippen LogP contribution in [0.5, 0.6) is 0 Å². The summed E-state index contributed by atoms with van der Waals surface area (Å²) in [7, 11) is 2.85. The molecular formula is C15H14BrN4O2+. The highest BCUT2D eigenvalue weighted by atomic mass is 79.9. The number of fused-ring (bicyclic) bond motifs is 1. The number of nitriles is 2. The minimum absolute atomic E-state index is 0.202. The monoisotopic (exact) mass is 361 g/mol. The molecule has 3 rings (SSSR count). The van der Waals surface area contributed by atoms with Gasteiger partial charge in [-0.3, -0.25) is 5.73 Å². The second-order valence-corrected chi connectivity index (χ2v) is 6.30. The van der Waals surface area contributed by atoms with Gasteiger partial charge in [0.05, 0.1) is 12.1 Å². The SMILES string of the molecule is COC1(OC)[NH+]=C(N)[C@@]2(C#N)[C@@H](c3ccc(Br)cc3)[C@@]12C#N. The summed E-state index contributed by atoms with van der Waals surface area (Å²) in [5.41, 5.74) is 4.50. The van der Waals surface area contributed by atoms with Gasteiger partial charge in [-0.1, -0.05) is 28.1 Å². The number of amidine groups is 1. The largest absolute Gasteiger partial charge is 0.342 e. The summed E-state index contributed by atoms with van der Waals surface area (Å²) >= 11 is 3.38. The zero-order valence-electron chi connectivity index (χ0n) is 12.1. The Hall–Kier alpha value is -1.93. The number of nitrogens with two attached hydrogens (primary N) is 1. The summed E-state index contributed by atoms with van der Waals surface area (Å²) in [6.07, 6.45) is 0. The molecule has 0 aromatic heterocycles. The molecule has 3 atom stereocenters. The van der Waals surface area contributed by atoms with Gasteiger partial charge in [0.1, 0.15) is 0 Å². The first-order chi connectivity index (χ1) is 10.5. The van der Waals surface area contributed by atoms with Crippen LogP contribution in [0.2, 0.25) is 0 Å². The molecule has 0 unspecified atom stereocenters. The third kappa shape index (κ3) is 1.32. The lowest BCUT2D eigenvalue weighted by Crippen LogP contribution is -2.90. The van der Waals surface area contributed by atoms with Gasteiger partial charge in [-0.05, 0) is 17.7 Å².